The summed E-state index contributed by atoms with van der Waals surface area (Å²) in [5.74, 6) is 0.708. The van der Waals surface area contributed by atoms with Gasteiger partial charge in [-0.1, -0.05) is 164 Å². The lowest BCUT2D eigenvalue weighted by Crippen LogP contribution is -1.95. The van der Waals surface area contributed by atoms with E-state index < -0.39 is 0 Å². The second-order valence-corrected chi connectivity index (χ2v) is 13.7. The van der Waals surface area contributed by atoms with Crippen molar-refractivity contribution in [3.8, 4) is 62.1 Å². The molecule has 0 bridgehead atoms. The van der Waals surface area contributed by atoms with Crippen molar-refractivity contribution in [1.29, 1.82) is 5.26 Å². The Morgan fingerprint density at radius 3 is 1.43 bits per heavy atom. The second kappa shape index (κ2) is 13.0. The fraction of sp³-hybridized carbons (Fsp3) is 0. The van der Waals surface area contributed by atoms with Gasteiger partial charge in [-0.2, -0.15) is 5.26 Å². The summed E-state index contributed by atoms with van der Waals surface area (Å²) in [5, 5.41) is 17.5. The van der Waals surface area contributed by atoms with Gasteiger partial charge in [0.15, 0.2) is 5.82 Å². The van der Waals surface area contributed by atoms with E-state index in [9.17, 15) is 5.26 Å². The minimum absolute atomic E-state index is 0.661. The standard InChI is InChI=1S/C51H31N3/c52-32-33-17-19-35(20-18-33)40-27-29-46(44-13-5-3-11-42(40)44)47-30-28-41(43-12-4-6-14-45(43)47)36-22-24-37(25-23-36)51-53-49-16-8-7-15-48(49)50(54-51)39-26-21-34-9-1-2-10-38(34)31-39/h1-31H. The monoisotopic (exact) mass is 685 g/mol. The highest BCUT2D eigenvalue weighted by Crippen LogP contribution is 2.41. The topological polar surface area (TPSA) is 49.6 Å². The largest absolute Gasteiger partial charge is 0.228 e. The Hall–Kier alpha value is -7.41. The Kier molecular flexibility index (Phi) is 7.53. The van der Waals surface area contributed by atoms with Crippen molar-refractivity contribution in [1.82, 2.24) is 9.97 Å². The maximum Gasteiger partial charge on any atom is 0.160 e. The first-order valence-electron chi connectivity index (χ1n) is 18.1. The maximum absolute atomic E-state index is 9.32. The van der Waals surface area contributed by atoms with Crippen LogP contribution in [0.4, 0.5) is 0 Å². The smallest absolute Gasteiger partial charge is 0.160 e. The Balaban J connectivity index is 1.04. The van der Waals surface area contributed by atoms with Gasteiger partial charge in [-0.15, -0.1) is 0 Å². The summed E-state index contributed by atoms with van der Waals surface area (Å²) >= 11 is 0. The Bertz CT molecular complexity index is 3100. The molecule has 0 saturated heterocycles. The molecule has 0 N–H and O–H groups in total. The molecule has 0 aliphatic heterocycles. The van der Waals surface area contributed by atoms with Crippen LogP contribution in [-0.4, -0.2) is 9.97 Å². The molecule has 0 spiro atoms. The predicted molar refractivity (Wildman–Crippen MR) is 224 cm³/mol. The first-order chi connectivity index (χ1) is 26.7. The van der Waals surface area contributed by atoms with Crippen molar-refractivity contribution in [3.63, 3.8) is 0 Å². The third kappa shape index (κ3) is 5.37. The van der Waals surface area contributed by atoms with E-state index in [0.29, 0.717) is 11.4 Å². The molecule has 3 heteroatoms. The zero-order valence-electron chi connectivity index (χ0n) is 29.2. The van der Waals surface area contributed by atoms with Gasteiger partial charge in [-0.05, 0) is 90.0 Å². The lowest BCUT2D eigenvalue weighted by Gasteiger charge is -2.16. The fourth-order valence-electron chi connectivity index (χ4n) is 7.86. The van der Waals surface area contributed by atoms with Gasteiger partial charge in [0.25, 0.3) is 0 Å². The molecule has 0 unspecified atom stereocenters. The molecule has 3 nitrogen and oxygen atoms in total. The summed E-state index contributed by atoms with van der Waals surface area (Å²) in [4.78, 5) is 10.2. The maximum atomic E-state index is 9.32. The Morgan fingerprint density at radius 2 is 0.815 bits per heavy atom. The van der Waals surface area contributed by atoms with Gasteiger partial charge in [0.05, 0.1) is 22.8 Å². The summed E-state index contributed by atoms with van der Waals surface area (Å²) in [6.45, 7) is 0. The average molecular weight is 686 g/mol. The van der Waals surface area contributed by atoms with E-state index in [-0.39, 0.29) is 0 Å². The minimum Gasteiger partial charge on any atom is -0.228 e. The first kappa shape index (κ1) is 31.3. The van der Waals surface area contributed by atoms with Crippen LogP contribution in [0.15, 0.2) is 188 Å². The lowest BCUT2D eigenvalue weighted by atomic mass is 9.88. The summed E-state index contributed by atoms with van der Waals surface area (Å²) in [5.41, 5.74) is 11.5. The highest BCUT2D eigenvalue weighted by molar-refractivity contribution is 6.12. The molecule has 9 aromatic carbocycles. The molecule has 0 aliphatic rings. The molecule has 250 valence electrons. The van der Waals surface area contributed by atoms with Gasteiger partial charge in [0.2, 0.25) is 0 Å². The number of para-hydroxylation sites is 1. The van der Waals surface area contributed by atoms with Gasteiger partial charge in [0, 0.05) is 16.5 Å². The van der Waals surface area contributed by atoms with Crippen LogP contribution in [0.2, 0.25) is 0 Å². The lowest BCUT2D eigenvalue weighted by molar-refractivity contribution is 1.23. The summed E-state index contributed by atoms with van der Waals surface area (Å²) in [6.07, 6.45) is 0. The van der Waals surface area contributed by atoms with Crippen molar-refractivity contribution in [2.75, 3.05) is 0 Å². The highest BCUT2D eigenvalue weighted by atomic mass is 14.9. The predicted octanol–water partition coefficient (Wildman–Crippen LogP) is 13.3. The van der Waals surface area contributed by atoms with Crippen LogP contribution in [0.25, 0.3) is 99.2 Å². The normalized spacial score (nSPS) is 11.3. The van der Waals surface area contributed by atoms with Crippen LogP contribution in [0.3, 0.4) is 0 Å². The van der Waals surface area contributed by atoms with Crippen molar-refractivity contribution < 1.29 is 0 Å². The van der Waals surface area contributed by atoms with Gasteiger partial charge < -0.3 is 0 Å². The number of nitriles is 1. The van der Waals surface area contributed by atoms with E-state index in [0.717, 1.165) is 44.4 Å². The third-order valence-electron chi connectivity index (χ3n) is 10.5. The Labute approximate surface area is 313 Å². The quantitative estimate of drug-likeness (QED) is 0.181. The minimum atomic E-state index is 0.661. The van der Waals surface area contributed by atoms with Crippen molar-refractivity contribution in [2.24, 2.45) is 0 Å². The van der Waals surface area contributed by atoms with E-state index in [4.69, 9.17) is 9.97 Å². The first-order valence-corrected chi connectivity index (χ1v) is 18.1. The second-order valence-electron chi connectivity index (χ2n) is 13.7. The van der Waals surface area contributed by atoms with Crippen molar-refractivity contribution in [3.05, 3.63) is 194 Å². The number of aromatic nitrogens is 2. The summed E-state index contributed by atoms with van der Waals surface area (Å²) < 4.78 is 0. The molecule has 10 aromatic rings. The molecule has 10 rings (SSSR count). The van der Waals surface area contributed by atoms with Gasteiger partial charge in [-0.25, -0.2) is 9.97 Å². The Morgan fingerprint density at radius 1 is 0.352 bits per heavy atom. The van der Waals surface area contributed by atoms with Crippen LogP contribution in [0, 0.1) is 11.3 Å². The SMILES string of the molecule is N#Cc1ccc(-c2ccc(-c3ccc(-c4ccc(-c5nc(-c6ccc7ccccc7c6)c6ccccc6n5)cc4)c4ccccc34)c3ccccc23)cc1. The highest BCUT2D eigenvalue weighted by Gasteiger charge is 2.16. The van der Waals surface area contributed by atoms with Gasteiger partial charge in [-0.3, -0.25) is 0 Å². The number of rotatable bonds is 5. The van der Waals surface area contributed by atoms with E-state index in [1.54, 1.807) is 0 Å². The van der Waals surface area contributed by atoms with Crippen LogP contribution in [0.1, 0.15) is 5.56 Å². The molecule has 1 aromatic heterocycles. The average Bonchev–Trinajstić information content (AvgIpc) is 3.25. The molecule has 1 heterocycles. The van der Waals surface area contributed by atoms with Crippen molar-refractivity contribution in [2.45, 2.75) is 0 Å². The van der Waals surface area contributed by atoms with E-state index in [1.165, 1.54) is 49.0 Å². The number of benzene rings is 9. The van der Waals surface area contributed by atoms with E-state index in [2.05, 4.69) is 164 Å². The fourth-order valence-corrected chi connectivity index (χ4v) is 7.86. The van der Waals surface area contributed by atoms with Crippen LogP contribution in [-0.2, 0) is 0 Å². The molecule has 0 radical (unpaired) electrons. The summed E-state index contributed by atoms with van der Waals surface area (Å²) in [7, 11) is 0. The van der Waals surface area contributed by atoms with E-state index >= 15 is 0 Å². The molecule has 54 heavy (non-hydrogen) atoms. The number of hydrogen-bond donors (Lipinski definition) is 0. The number of nitrogens with zero attached hydrogens (tertiary/aromatic N) is 3. The molecular weight excluding hydrogens is 655 g/mol. The van der Waals surface area contributed by atoms with Crippen LogP contribution < -0.4 is 0 Å². The molecule has 0 saturated carbocycles. The van der Waals surface area contributed by atoms with E-state index in [1.807, 2.05) is 30.3 Å². The zero-order valence-corrected chi connectivity index (χ0v) is 29.2. The van der Waals surface area contributed by atoms with Crippen LogP contribution >= 0.6 is 0 Å². The summed E-state index contributed by atoms with van der Waals surface area (Å²) in [6, 6.07) is 68.2. The van der Waals surface area contributed by atoms with Crippen molar-refractivity contribution >= 4 is 43.2 Å². The molecule has 0 fully saturated rings. The van der Waals surface area contributed by atoms with Gasteiger partial charge >= 0.3 is 0 Å². The molecule has 0 aliphatic carbocycles. The molecular formula is C51H31N3. The number of fused-ring (bicyclic) bond motifs is 4. The molecule has 0 atom stereocenters. The third-order valence-corrected chi connectivity index (χ3v) is 10.5. The zero-order chi connectivity index (χ0) is 36.0. The van der Waals surface area contributed by atoms with Crippen LogP contribution in [0.5, 0.6) is 0 Å². The number of hydrogen-bond acceptors (Lipinski definition) is 3. The molecule has 0 amide bonds. The van der Waals surface area contributed by atoms with Gasteiger partial charge in [0.1, 0.15) is 0 Å².